The topological polar surface area (TPSA) is 94.7 Å². The van der Waals surface area contributed by atoms with Crippen LogP contribution in [0.2, 0.25) is 0 Å². The Kier molecular flexibility index (Phi) is 6.59. The molecule has 3 aliphatic heterocycles. The number of rotatable bonds is 6. The number of likely N-dealkylation sites (tertiary alicyclic amines) is 2. The number of thiophene rings is 1. The van der Waals surface area contributed by atoms with Crippen molar-refractivity contribution in [2.75, 3.05) is 63.6 Å². The first-order valence-electron chi connectivity index (χ1n) is 13.9. The van der Waals surface area contributed by atoms with E-state index < -0.39 is 9.84 Å². The van der Waals surface area contributed by atoms with E-state index in [1.165, 1.54) is 36.8 Å². The number of fused-ring (bicyclic) bond motifs is 2. The van der Waals surface area contributed by atoms with Gasteiger partial charge in [0.15, 0.2) is 21.5 Å². The summed E-state index contributed by atoms with van der Waals surface area (Å²) in [5.74, 6) is 1.48. The van der Waals surface area contributed by atoms with Gasteiger partial charge in [0.25, 0.3) is 0 Å². The fourth-order valence-corrected chi connectivity index (χ4v) is 8.00. The van der Waals surface area contributed by atoms with Crippen molar-refractivity contribution in [2.45, 2.75) is 36.7 Å². The van der Waals surface area contributed by atoms with Crippen molar-refractivity contribution in [3.8, 4) is 11.4 Å². The molecule has 6 heterocycles. The summed E-state index contributed by atoms with van der Waals surface area (Å²) < 4.78 is 31.9. The van der Waals surface area contributed by atoms with E-state index in [2.05, 4.69) is 25.8 Å². The minimum atomic E-state index is -3.41. The van der Waals surface area contributed by atoms with Crippen molar-refractivity contribution in [1.29, 1.82) is 0 Å². The zero-order chi connectivity index (χ0) is 26.6. The summed E-state index contributed by atoms with van der Waals surface area (Å²) in [6.07, 6.45) is 8.42. The van der Waals surface area contributed by atoms with Gasteiger partial charge >= 0.3 is 0 Å². The Balaban J connectivity index is 1.41. The molecule has 1 atom stereocenters. The number of ether oxygens (including phenoxy) is 1. The summed E-state index contributed by atoms with van der Waals surface area (Å²) in [7, 11) is -3.41. The molecule has 1 N–H and O–H groups in total. The van der Waals surface area contributed by atoms with Gasteiger partial charge in [-0.3, -0.25) is 9.80 Å². The van der Waals surface area contributed by atoms with Crippen molar-refractivity contribution >= 4 is 48.1 Å². The molecule has 4 aromatic rings. The van der Waals surface area contributed by atoms with Crippen molar-refractivity contribution in [3.63, 3.8) is 0 Å². The largest absolute Gasteiger partial charge is 0.378 e. The zero-order valence-electron chi connectivity index (χ0n) is 22.2. The summed E-state index contributed by atoms with van der Waals surface area (Å²) in [5, 5.41) is 0.914. The van der Waals surface area contributed by atoms with Crippen LogP contribution in [0, 0.1) is 0 Å². The Labute approximate surface area is 232 Å². The van der Waals surface area contributed by atoms with Gasteiger partial charge < -0.3 is 14.6 Å². The Hall–Kier alpha value is -2.57. The Bertz CT molecular complexity index is 1620. The lowest BCUT2D eigenvalue weighted by Gasteiger charge is -2.45. The summed E-state index contributed by atoms with van der Waals surface area (Å²) in [6.45, 7) is 7.38. The van der Waals surface area contributed by atoms with Gasteiger partial charge in [-0.15, -0.1) is 11.3 Å². The van der Waals surface area contributed by atoms with Gasteiger partial charge in [-0.05, 0) is 56.6 Å². The number of H-pyrrole nitrogens is 1. The van der Waals surface area contributed by atoms with E-state index in [0.717, 1.165) is 71.8 Å². The molecule has 0 amide bonds. The number of morpholine rings is 1. The number of hydrogen-bond donors (Lipinski definition) is 1. The Morgan fingerprint density at radius 1 is 0.949 bits per heavy atom. The van der Waals surface area contributed by atoms with Crippen LogP contribution in [-0.2, 0) is 14.6 Å². The highest BCUT2D eigenvalue weighted by atomic mass is 32.2. The molecule has 7 rings (SSSR count). The Morgan fingerprint density at radius 3 is 2.38 bits per heavy atom. The molecule has 0 radical (unpaired) electrons. The number of anilines is 1. The minimum absolute atomic E-state index is 0.262. The standard InChI is InChI=1S/C28H34N6O3S2/c1-39(35,36)19-16-21(20-6-7-29-22(20)17-19)26-30-23-18-24(28(34-10-5-11-34)33-8-3-2-4-9-33)38-25(23)27(31-26)32-12-14-37-15-13-32/h6-7,16-18,28-29H,2-5,8-15H2,1H3. The molecule has 0 aliphatic carbocycles. The maximum atomic E-state index is 12.6. The van der Waals surface area contributed by atoms with Crippen LogP contribution in [0.3, 0.4) is 0 Å². The molecule has 1 unspecified atom stereocenters. The molecule has 39 heavy (non-hydrogen) atoms. The molecule has 0 saturated carbocycles. The summed E-state index contributed by atoms with van der Waals surface area (Å²) >= 11 is 1.82. The number of hydrogen-bond acceptors (Lipinski definition) is 9. The lowest BCUT2D eigenvalue weighted by molar-refractivity contribution is -0.00763. The number of nitrogens with zero attached hydrogens (tertiary/aromatic N) is 5. The third-order valence-corrected chi connectivity index (χ3v) is 10.5. The van der Waals surface area contributed by atoms with Crippen molar-refractivity contribution in [2.24, 2.45) is 0 Å². The fourth-order valence-electron chi connectivity index (χ4n) is 6.05. The average Bonchev–Trinajstić information content (AvgIpc) is 3.57. The normalized spacial score (nSPS) is 20.5. The van der Waals surface area contributed by atoms with Crippen LogP contribution in [0.1, 0.15) is 36.7 Å². The maximum Gasteiger partial charge on any atom is 0.175 e. The first-order chi connectivity index (χ1) is 19.0. The van der Waals surface area contributed by atoms with Crippen LogP contribution in [0.4, 0.5) is 5.82 Å². The van der Waals surface area contributed by atoms with Crippen LogP contribution >= 0.6 is 11.3 Å². The molecule has 0 spiro atoms. The quantitative estimate of drug-likeness (QED) is 0.370. The van der Waals surface area contributed by atoms with Crippen molar-refractivity contribution in [3.05, 3.63) is 35.3 Å². The molecule has 3 fully saturated rings. The van der Waals surface area contributed by atoms with Gasteiger partial charge in [0.2, 0.25) is 0 Å². The number of aromatic nitrogens is 3. The highest BCUT2D eigenvalue weighted by Crippen LogP contribution is 2.42. The van der Waals surface area contributed by atoms with E-state index >= 15 is 0 Å². The fraction of sp³-hybridized carbons (Fsp3) is 0.500. The predicted molar refractivity (Wildman–Crippen MR) is 155 cm³/mol. The molecule has 9 nitrogen and oxygen atoms in total. The third-order valence-electron chi connectivity index (χ3n) is 8.22. The van der Waals surface area contributed by atoms with E-state index in [4.69, 9.17) is 14.7 Å². The van der Waals surface area contributed by atoms with Gasteiger partial charge in [0.05, 0.1) is 34.5 Å². The number of aromatic amines is 1. The summed E-state index contributed by atoms with van der Waals surface area (Å²) in [5.41, 5.74) is 2.42. The second-order valence-corrected chi connectivity index (χ2v) is 14.0. The summed E-state index contributed by atoms with van der Waals surface area (Å²) in [4.78, 5) is 22.6. The van der Waals surface area contributed by atoms with E-state index in [-0.39, 0.29) is 11.1 Å². The molecular formula is C28H34N6O3S2. The van der Waals surface area contributed by atoms with Gasteiger partial charge in [-0.1, -0.05) is 6.42 Å². The lowest BCUT2D eigenvalue weighted by Crippen LogP contribution is -2.49. The zero-order valence-corrected chi connectivity index (χ0v) is 23.9. The van der Waals surface area contributed by atoms with Crippen LogP contribution in [0.15, 0.2) is 35.4 Å². The number of benzene rings is 1. The minimum Gasteiger partial charge on any atom is -0.378 e. The smallest absolute Gasteiger partial charge is 0.175 e. The number of piperidine rings is 1. The van der Waals surface area contributed by atoms with Gasteiger partial charge in [-0.2, -0.15) is 0 Å². The first kappa shape index (κ1) is 25.4. The SMILES string of the molecule is CS(=O)(=O)c1cc(-c2nc(N3CCOCC3)c3sc(C(N4CCCCC4)N4CCC4)cc3n2)c2cc[nH]c2c1. The van der Waals surface area contributed by atoms with Crippen LogP contribution in [-0.4, -0.2) is 91.9 Å². The molecule has 11 heteroatoms. The highest BCUT2D eigenvalue weighted by Gasteiger charge is 2.33. The number of nitrogens with one attached hydrogen (secondary N) is 1. The molecule has 3 saturated heterocycles. The molecule has 206 valence electrons. The van der Waals surface area contributed by atoms with E-state index in [1.807, 2.05) is 23.6 Å². The monoisotopic (exact) mass is 566 g/mol. The average molecular weight is 567 g/mol. The molecule has 1 aromatic carbocycles. The second kappa shape index (κ2) is 10.1. The van der Waals surface area contributed by atoms with Crippen LogP contribution in [0.5, 0.6) is 0 Å². The third kappa shape index (κ3) is 4.74. The van der Waals surface area contributed by atoms with Crippen LogP contribution < -0.4 is 4.90 Å². The van der Waals surface area contributed by atoms with Crippen LogP contribution in [0.25, 0.3) is 32.5 Å². The second-order valence-electron chi connectivity index (χ2n) is 10.9. The number of sulfone groups is 1. The Morgan fingerprint density at radius 2 is 1.69 bits per heavy atom. The van der Waals surface area contributed by atoms with Crippen molar-refractivity contribution < 1.29 is 13.2 Å². The van der Waals surface area contributed by atoms with Gasteiger partial charge in [0.1, 0.15) is 0 Å². The molecule has 3 aliphatic rings. The molecule has 0 bridgehead atoms. The molecule has 3 aromatic heterocycles. The van der Waals surface area contributed by atoms with E-state index in [0.29, 0.717) is 19.0 Å². The van der Waals surface area contributed by atoms with Gasteiger partial charge in [-0.25, -0.2) is 18.4 Å². The predicted octanol–water partition coefficient (Wildman–Crippen LogP) is 4.27. The van der Waals surface area contributed by atoms with E-state index in [9.17, 15) is 8.42 Å². The maximum absolute atomic E-state index is 12.6. The highest BCUT2D eigenvalue weighted by molar-refractivity contribution is 7.90. The van der Waals surface area contributed by atoms with Crippen molar-refractivity contribution in [1.82, 2.24) is 24.8 Å². The molecular weight excluding hydrogens is 532 g/mol. The first-order valence-corrected chi connectivity index (χ1v) is 16.6. The van der Waals surface area contributed by atoms with Gasteiger partial charge in [0, 0.05) is 60.0 Å². The van der Waals surface area contributed by atoms with E-state index in [1.54, 1.807) is 12.1 Å². The summed E-state index contributed by atoms with van der Waals surface area (Å²) in [6, 6.07) is 7.64. The lowest BCUT2D eigenvalue weighted by atomic mass is 10.1.